The van der Waals surface area contributed by atoms with E-state index in [-0.39, 0.29) is 12.6 Å². The van der Waals surface area contributed by atoms with Crippen LogP contribution in [0.3, 0.4) is 0 Å². The van der Waals surface area contributed by atoms with E-state index in [2.05, 4.69) is 15.6 Å². The molecule has 0 amide bonds. The number of guanidine groups is 1. The van der Waals surface area contributed by atoms with E-state index in [1.54, 1.807) is 0 Å². The third-order valence-corrected chi connectivity index (χ3v) is 2.96. The molecule has 0 heterocycles. The number of nitrogens with one attached hydrogen (secondary N) is 2. The van der Waals surface area contributed by atoms with E-state index in [0.29, 0.717) is 19.1 Å². The van der Waals surface area contributed by atoms with Crippen LogP contribution in [0.1, 0.15) is 31.4 Å². The highest BCUT2D eigenvalue weighted by Gasteiger charge is 2.26. The van der Waals surface area contributed by atoms with Gasteiger partial charge in [0.2, 0.25) is 0 Å². The van der Waals surface area contributed by atoms with E-state index < -0.39 is 12.6 Å². The zero-order chi connectivity index (χ0) is 17.3. The lowest BCUT2D eigenvalue weighted by Crippen LogP contribution is -2.38. The summed E-state index contributed by atoms with van der Waals surface area (Å²) >= 11 is 0. The van der Waals surface area contributed by atoms with Gasteiger partial charge in [0.05, 0.1) is 19.1 Å². The van der Waals surface area contributed by atoms with E-state index in [0.717, 1.165) is 11.1 Å². The zero-order valence-electron chi connectivity index (χ0n) is 13.7. The van der Waals surface area contributed by atoms with Gasteiger partial charge in [-0.15, -0.1) is 0 Å². The van der Waals surface area contributed by atoms with Gasteiger partial charge in [-0.05, 0) is 25.0 Å². The minimum atomic E-state index is -4.17. The van der Waals surface area contributed by atoms with Crippen LogP contribution in [0.4, 0.5) is 13.2 Å². The van der Waals surface area contributed by atoms with Gasteiger partial charge < -0.3 is 15.4 Å². The van der Waals surface area contributed by atoms with Gasteiger partial charge in [-0.1, -0.05) is 24.3 Å². The Balaban J connectivity index is 2.44. The van der Waals surface area contributed by atoms with Crippen molar-refractivity contribution in [1.82, 2.24) is 10.6 Å². The number of rotatable bonds is 7. The molecule has 1 aromatic rings. The Kier molecular flexibility index (Phi) is 7.88. The first-order valence-corrected chi connectivity index (χ1v) is 7.51. The average molecular weight is 331 g/mol. The monoisotopic (exact) mass is 331 g/mol. The van der Waals surface area contributed by atoms with Crippen molar-refractivity contribution < 1.29 is 17.9 Å². The van der Waals surface area contributed by atoms with Crippen LogP contribution in [0, 0.1) is 0 Å². The molecule has 1 aromatic carbocycles. The van der Waals surface area contributed by atoms with E-state index in [4.69, 9.17) is 4.74 Å². The SMILES string of the molecule is CN=C(NCCC(F)(F)F)NCc1cccc(COC(C)C)c1. The minimum Gasteiger partial charge on any atom is -0.374 e. The molecular formula is C16H24F3N3O. The molecule has 0 bridgehead atoms. The van der Waals surface area contributed by atoms with Crippen LogP contribution in [-0.4, -0.2) is 31.8 Å². The summed E-state index contributed by atoms with van der Waals surface area (Å²) in [4.78, 5) is 3.91. The molecule has 130 valence electrons. The second kappa shape index (κ2) is 9.39. The van der Waals surface area contributed by atoms with E-state index in [9.17, 15) is 13.2 Å². The molecule has 0 saturated heterocycles. The third kappa shape index (κ3) is 9.07. The predicted molar refractivity (Wildman–Crippen MR) is 85.2 cm³/mol. The van der Waals surface area contributed by atoms with Crippen molar-refractivity contribution in [1.29, 1.82) is 0 Å². The second-order valence-electron chi connectivity index (χ2n) is 5.40. The van der Waals surface area contributed by atoms with Gasteiger partial charge in [0.1, 0.15) is 0 Å². The fraction of sp³-hybridized carbons (Fsp3) is 0.562. The average Bonchev–Trinajstić information content (AvgIpc) is 2.48. The second-order valence-corrected chi connectivity index (χ2v) is 5.40. The van der Waals surface area contributed by atoms with Gasteiger partial charge in [0, 0.05) is 20.1 Å². The van der Waals surface area contributed by atoms with Crippen molar-refractivity contribution in [2.75, 3.05) is 13.6 Å². The van der Waals surface area contributed by atoms with Crippen molar-refractivity contribution in [3.05, 3.63) is 35.4 Å². The molecular weight excluding hydrogens is 307 g/mol. The molecule has 4 nitrogen and oxygen atoms in total. The lowest BCUT2D eigenvalue weighted by atomic mass is 10.1. The van der Waals surface area contributed by atoms with Crippen molar-refractivity contribution in [3.8, 4) is 0 Å². The Bertz CT molecular complexity index is 502. The Labute approximate surface area is 135 Å². The normalized spacial score (nSPS) is 12.6. The topological polar surface area (TPSA) is 45.7 Å². The summed E-state index contributed by atoms with van der Waals surface area (Å²) in [5, 5.41) is 5.64. The molecule has 2 N–H and O–H groups in total. The Morgan fingerprint density at radius 3 is 2.52 bits per heavy atom. The number of halogens is 3. The van der Waals surface area contributed by atoms with Crippen LogP contribution in [0.15, 0.2) is 29.3 Å². The molecule has 0 aliphatic rings. The molecule has 0 atom stereocenters. The number of aliphatic imine (C=N–C) groups is 1. The van der Waals surface area contributed by atoms with Crippen LogP contribution in [0.5, 0.6) is 0 Å². The minimum absolute atomic E-state index is 0.161. The molecule has 1 rings (SSSR count). The first kappa shape index (κ1) is 19.3. The highest BCUT2D eigenvalue weighted by atomic mass is 19.4. The largest absolute Gasteiger partial charge is 0.390 e. The fourth-order valence-electron chi connectivity index (χ4n) is 1.82. The number of hydrogen-bond acceptors (Lipinski definition) is 2. The van der Waals surface area contributed by atoms with Gasteiger partial charge in [-0.2, -0.15) is 13.2 Å². The van der Waals surface area contributed by atoms with Crippen LogP contribution < -0.4 is 10.6 Å². The first-order valence-electron chi connectivity index (χ1n) is 7.51. The van der Waals surface area contributed by atoms with Crippen LogP contribution in [-0.2, 0) is 17.9 Å². The highest BCUT2D eigenvalue weighted by molar-refractivity contribution is 5.79. The molecule has 0 aliphatic heterocycles. The van der Waals surface area contributed by atoms with Gasteiger partial charge >= 0.3 is 6.18 Å². The van der Waals surface area contributed by atoms with Crippen molar-refractivity contribution in [2.45, 2.75) is 45.7 Å². The maximum absolute atomic E-state index is 12.1. The molecule has 0 fully saturated rings. The lowest BCUT2D eigenvalue weighted by Gasteiger charge is -2.13. The van der Waals surface area contributed by atoms with Crippen LogP contribution in [0.2, 0.25) is 0 Å². The van der Waals surface area contributed by atoms with Gasteiger partial charge in [-0.25, -0.2) is 0 Å². The molecule has 23 heavy (non-hydrogen) atoms. The number of ether oxygens (including phenoxy) is 1. The van der Waals surface area contributed by atoms with Gasteiger partial charge in [0.25, 0.3) is 0 Å². The standard InChI is InChI=1S/C16H24F3N3O/c1-12(2)23-11-14-6-4-5-13(9-14)10-22-15(20-3)21-8-7-16(17,18)19/h4-6,9,12H,7-8,10-11H2,1-3H3,(H2,20,21,22). The predicted octanol–water partition coefficient (Wildman–Crippen LogP) is 3.23. The third-order valence-electron chi connectivity index (χ3n) is 2.96. The van der Waals surface area contributed by atoms with Gasteiger partial charge in [0.15, 0.2) is 5.96 Å². The van der Waals surface area contributed by atoms with Gasteiger partial charge in [-0.3, -0.25) is 4.99 Å². The summed E-state index contributed by atoms with van der Waals surface area (Å²) in [5.74, 6) is 0.345. The maximum Gasteiger partial charge on any atom is 0.390 e. The summed E-state index contributed by atoms with van der Waals surface area (Å²) in [6.45, 7) is 4.75. The molecule has 0 unspecified atom stereocenters. The summed E-state index contributed by atoms with van der Waals surface area (Å²) in [6.07, 6.45) is -4.90. The zero-order valence-corrected chi connectivity index (χ0v) is 13.7. The number of nitrogens with zero attached hydrogens (tertiary/aromatic N) is 1. The molecule has 0 spiro atoms. The maximum atomic E-state index is 12.1. The summed E-state index contributed by atoms with van der Waals surface area (Å²) < 4.78 is 41.9. The Morgan fingerprint density at radius 2 is 1.91 bits per heavy atom. The number of hydrogen-bond donors (Lipinski definition) is 2. The van der Waals surface area contributed by atoms with E-state index >= 15 is 0 Å². The molecule has 0 radical (unpaired) electrons. The van der Waals surface area contributed by atoms with Crippen LogP contribution in [0.25, 0.3) is 0 Å². The lowest BCUT2D eigenvalue weighted by molar-refractivity contribution is -0.132. The van der Waals surface area contributed by atoms with E-state index in [1.807, 2.05) is 38.1 Å². The Morgan fingerprint density at radius 1 is 1.22 bits per heavy atom. The van der Waals surface area contributed by atoms with Crippen molar-refractivity contribution >= 4 is 5.96 Å². The molecule has 0 saturated carbocycles. The summed E-state index contributed by atoms with van der Waals surface area (Å²) in [5.41, 5.74) is 2.06. The van der Waals surface area contributed by atoms with Crippen molar-refractivity contribution in [2.24, 2.45) is 4.99 Å². The summed E-state index contributed by atoms with van der Waals surface area (Å²) in [7, 11) is 1.52. The first-order chi connectivity index (χ1) is 10.8. The fourth-order valence-corrected chi connectivity index (χ4v) is 1.82. The van der Waals surface area contributed by atoms with Crippen molar-refractivity contribution in [3.63, 3.8) is 0 Å². The summed E-state index contributed by atoms with van der Waals surface area (Å²) in [6, 6.07) is 7.84. The quantitative estimate of drug-likeness (QED) is 0.596. The highest BCUT2D eigenvalue weighted by Crippen LogP contribution is 2.18. The Hall–Kier alpha value is -1.76. The smallest absolute Gasteiger partial charge is 0.374 e. The molecule has 0 aliphatic carbocycles. The molecule has 7 heteroatoms. The number of benzene rings is 1. The number of alkyl halides is 3. The molecule has 0 aromatic heterocycles. The van der Waals surface area contributed by atoms with E-state index in [1.165, 1.54) is 7.05 Å². The van der Waals surface area contributed by atoms with Crippen LogP contribution >= 0.6 is 0 Å².